The lowest BCUT2D eigenvalue weighted by molar-refractivity contribution is -0.120. The molecule has 2 aromatic rings. The second-order valence-corrected chi connectivity index (χ2v) is 11.5. The molecule has 3 rings (SSSR count). The number of aryl methyl sites for hydroxylation is 1. The highest BCUT2D eigenvalue weighted by Crippen LogP contribution is 2.34. The van der Waals surface area contributed by atoms with E-state index in [0.717, 1.165) is 16.0 Å². The van der Waals surface area contributed by atoms with Gasteiger partial charge < -0.3 is 10.1 Å². The topological polar surface area (TPSA) is 92.8 Å². The van der Waals surface area contributed by atoms with Crippen LogP contribution in [0, 0.1) is 19.8 Å². The van der Waals surface area contributed by atoms with Crippen LogP contribution in [0.5, 0.6) is 0 Å². The molecule has 1 aliphatic rings. The van der Waals surface area contributed by atoms with Gasteiger partial charge in [0, 0.05) is 23.9 Å². The lowest BCUT2D eigenvalue weighted by atomic mass is 9.97. The highest BCUT2D eigenvalue weighted by Gasteiger charge is 2.33. The summed E-state index contributed by atoms with van der Waals surface area (Å²) >= 11 is 1.34. The number of carbonyl (C=O) groups is 2. The monoisotopic (exact) mass is 478 g/mol. The van der Waals surface area contributed by atoms with Gasteiger partial charge in [-0.1, -0.05) is 26.0 Å². The summed E-state index contributed by atoms with van der Waals surface area (Å²) in [6, 6.07) is 7.00. The Hall–Kier alpha value is -2.23. The normalized spacial score (nSPS) is 15.7. The molecule has 0 bridgehead atoms. The quantitative estimate of drug-likeness (QED) is 0.625. The molecule has 9 heteroatoms. The fourth-order valence-corrected chi connectivity index (χ4v) is 6.33. The van der Waals surface area contributed by atoms with Crippen LogP contribution >= 0.6 is 11.3 Å². The fraction of sp³-hybridized carbons (Fsp3) is 0.478. The van der Waals surface area contributed by atoms with Crippen LogP contribution < -0.4 is 5.32 Å². The lowest BCUT2D eigenvalue weighted by Gasteiger charge is -2.30. The number of sulfonamides is 1. The largest absolute Gasteiger partial charge is 0.465 e. The molecule has 0 unspecified atom stereocenters. The van der Waals surface area contributed by atoms with E-state index in [4.69, 9.17) is 4.74 Å². The first-order chi connectivity index (χ1) is 15.1. The minimum Gasteiger partial charge on any atom is -0.465 e. The number of rotatable bonds is 6. The Balaban J connectivity index is 1.66. The number of thiophene rings is 1. The molecule has 1 aliphatic heterocycles. The van der Waals surface area contributed by atoms with Crippen molar-refractivity contribution in [3.63, 3.8) is 0 Å². The number of hydrogen-bond acceptors (Lipinski definition) is 6. The minimum absolute atomic E-state index is 0.199. The SMILES string of the molecule is COC(=O)c1c(NC(=O)C2CCN(S(=O)(=O)c3ccc(C(C)C)cc3)CC2)sc(C)c1C. The van der Waals surface area contributed by atoms with Crippen LogP contribution in [-0.2, 0) is 19.6 Å². The molecule has 2 heterocycles. The van der Waals surface area contributed by atoms with Gasteiger partial charge in [0.05, 0.1) is 17.6 Å². The van der Waals surface area contributed by atoms with Crippen molar-refractivity contribution >= 4 is 38.2 Å². The Morgan fingerprint density at radius 3 is 2.25 bits per heavy atom. The maximum Gasteiger partial charge on any atom is 0.341 e. The van der Waals surface area contributed by atoms with E-state index in [-0.39, 0.29) is 29.8 Å². The van der Waals surface area contributed by atoms with Crippen molar-refractivity contribution in [2.75, 3.05) is 25.5 Å². The van der Waals surface area contributed by atoms with E-state index in [0.29, 0.717) is 29.3 Å². The van der Waals surface area contributed by atoms with Crippen LogP contribution in [-0.4, -0.2) is 44.8 Å². The first kappa shape index (κ1) is 24.4. The van der Waals surface area contributed by atoms with E-state index in [9.17, 15) is 18.0 Å². The second kappa shape index (κ2) is 9.72. The molecule has 174 valence electrons. The Morgan fingerprint density at radius 1 is 1.12 bits per heavy atom. The highest BCUT2D eigenvalue weighted by atomic mass is 32.2. The first-order valence-electron chi connectivity index (χ1n) is 10.7. The summed E-state index contributed by atoms with van der Waals surface area (Å²) in [5.74, 6) is -0.670. The van der Waals surface area contributed by atoms with Gasteiger partial charge in [-0.3, -0.25) is 4.79 Å². The van der Waals surface area contributed by atoms with Gasteiger partial charge >= 0.3 is 5.97 Å². The van der Waals surface area contributed by atoms with Gasteiger partial charge in [-0.05, 0) is 55.9 Å². The van der Waals surface area contributed by atoms with Gasteiger partial charge in [-0.2, -0.15) is 4.31 Å². The van der Waals surface area contributed by atoms with Crippen molar-refractivity contribution < 1.29 is 22.7 Å². The number of ether oxygens (including phenoxy) is 1. The summed E-state index contributed by atoms with van der Waals surface area (Å²) in [6.45, 7) is 8.39. The van der Waals surface area contributed by atoms with E-state index < -0.39 is 16.0 Å². The summed E-state index contributed by atoms with van der Waals surface area (Å²) in [4.78, 5) is 26.2. The molecule has 1 saturated heterocycles. The zero-order valence-corrected chi connectivity index (χ0v) is 20.7. The van der Waals surface area contributed by atoms with Gasteiger partial charge in [0.2, 0.25) is 15.9 Å². The Morgan fingerprint density at radius 2 is 1.72 bits per heavy atom. The zero-order valence-electron chi connectivity index (χ0n) is 19.1. The van der Waals surface area contributed by atoms with E-state index in [1.807, 2.05) is 26.0 Å². The maximum absolute atomic E-state index is 13.0. The summed E-state index contributed by atoms with van der Waals surface area (Å²) < 4.78 is 32.3. The molecule has 1 amide bonds. The van der Waals surface area contributed by atoms with Gasteiger partial charge in [-0.15, -0.1) is 11.3 Å². The predicted molar refractivity (Wildman–Crippen MR) is 126 cm³/mol. The average molecular weight is 479 g/mol. The molecule has 0 spiro atoms. The predicted octanol–water partition coefficient (Wildman–Crippen LogP) is 4.31. The molecular weight excluding hydrogens is 448 g/mol. The third-order valence-electron chi connectivity index (χ3n) is 6.02. The van der Waals surface area contributed by atoms with E-state index >= 15 is 0 Å². The number of nitrogens with zero attached hydrogens (tertiary/aromatic N) is 1. The molecule has 0 atom stereocenters. The van der Waals surface area contributed by atoms with Crippen LogP contribution in [0.25, 0.3) is 0 Å². The molecule has 0 saturated carbocycles. The second-order valence-electron chi connectivity index (χ2n) is 8.37. The molecule has 7 nitrogen and oxygen atoms in total. The summed E-state index contributed by atoms with van der Waals surface area (Å²) in [7, 11) is -2.28. The average Bonchev–Trinajstić information content (AvgIpc) is 3.06. The zero-order chi connectivity index (χ0) is 23.6. The minimum atomic E-state index is -3.59. The number of methoxy groups -OCH3 is 1. The number of nitrogens with one attached hydrogen (secondary N) is 1. The Bertz CT molecular complexity index is 1100. The summed E-state index contributed by atoms with van der Waals surface area (Å²) in [5.41, 5.74) is 2.26. The third-order valence-corrected chi connectivity index (χ3v) is 9.06. The fourth-order valence-electron chi connectivity index (χ4n) is 3.81. The number of piperidine rings is 1. The molecule has 1 aromatic carbocycles. The Kier molecular flexibility index (Phi) is 7.42. The van der Waals surface area contributed by atoms with Gasteiger partial charge in [0.1, 0.15) is 5.00 Å². The smallest absolute Gasteiger partial charge is 0.341 e. The van der Waals surface area contributed by atoms with Gasteiger partial charge in [0.25, 0.3) is 0 Å². The van der Waals surface area contributed by atoms with Gasteiger partial charge in [-0.25, -0.2) is 13.2 Å². The number of carbonyl (C=O) groups excluding carboxylic acids is 2. The summed E-state index contributed by atoms with van der Waals surface area (Å²) in [6.07, 6.45) is 0.845. The van der Waals surface area contributed by atoms with Gasteiger partial charge in [0.15, 0.2) is 0 Å². The standard InChI is InChI=1S/C23H30N2O5S2/c1-14(2)17-6-8-19(9-7-17)32(28,29)25-12-10-18(11-13-25)21(26)24-22-20(23(27)30-5)15(3)16(4)31-22/h6-9,14,18H,10-13H2,1-5H3,(H,24,26). The number of esters is 1. The summed E-state index contributed by atoms with van der Waals surface area (Å²) in [5, 5.41) is 3.35. The van der Waals surface area contributed by atoms with Crippen LogP contribution in [0.15, 0.2) is 29.2 Å². The van der Waals surface area contributed by atoms with Crippen molar-refractivity contribution in [2.24, 2.45) is 5.92 Å². The number of amides is 1. The van der Waals surface area contributed by atoms with Crippen molar-refractivity contribution in [3.05, 3.63) is 45.8 Å². The first-order valence-corrected chi connectivity index (χ1v) is 12.9. The van der Waals surface area contributed by atoms with Crippen molar-refractivity contribution in [3.8, 4) is 0 Å². The van der Waals surface area contributed by atoms with Crippen LogP contribution in [0.3, 0.4) is 0 Å². The third kappa shape index (κ3) is 4.89. The van der Waals surface area contributed by atoms with Crippen molar-refractivity contribution in [1.82, 2.24) is 4.31 Å². The van der Waals surface area contributed by atoms with Crippen LogP contribution in [0.4, 0.5) is 5.00 Å². The molecule has 0 radical (unpaired) electrons. The Labute approximate surface area is 193 Å². The maximum atomic E-state index is 13.0. The molecule has 0 aliphatic carbocycles. The molecule has 32 heavy (non-hydrogen) atoms. The number of benzene rings is 1. The van der Waals surface area contributed by atoms with E-state index in [2.05, 4.69) is 19.2 Å². The van der Waals surface area contributed by atoms with Crippen LogP contribution in [0.1, 0.15) is 59.0 Å². The highest BCUT2D eigenvalue weighted by molar-refractivity contribution is 7.89. The van der Waals surface area contributed by atoms with E-state index in [1.54, 1.807) is 12.1 Å². The van der Waals surface area contributed by atoms with Crippen molar-refractivity contribution in [2.45, 2.75) is 51.3 Å². The molecule has 1 fully saturated rings. The van der Waals surface area contributed by atoms with Crippen LogP contribution in [0.2, 0.25) is 0 Å². The molecule has 1 N–H and O–H groups in total. The van der Waals surface area contributed by atoms with E-state index in [1.165, 1.54) is 22.8 Å². The number of anilines is 1. The lowest BCUT2D eigenvalue weighted by Crippen LogP contribution is -2.41. The number of hydrogen-bond donors (Lipinski definition) is 1. The molecule has 1 aromatic heterocycles. The van der Waals surface area contributed by atoms with Crippen molar-refractivity contribution in [1.29, 1.82) is 0 Å². The molecular formula is C23H30N2O5S2.